The van der Waals surface area contributed by atoms with E-state index in [1.165, 1.54) is 40.5 Å². The number of benzene rings is 2. The lowest BCUT2D eigenvalue weighted by Gasteiger charge is -2.41. The highest BCUT2D eigenvalue weighted by Gasteiger charge is 2.32. The molecule has 4 aromatic rings. The number of aliphatic carboxylic acids is 1. The third kappa shape index (κ3) is 16.1. The molecule has 336 valence electrons. The first-order chi connectivity index (χ1) is 28.8. The number of morpholine rings is 2. The number of hydrogen-bond donors (Lipinski definition) is 5. The first-order valence-electron chi connectivity index (χ1n) is 19.7. The lowest BCUT2D eigenvalue weighted by Crippen LogP contribution is -2.57. The average Bonchev–Trinajstić information content (AvgIpc) is 3.87. The van der Waals surface area contributed by atoms with E-state index in [4.69, 9.17) is 20.4 Å². The Bertz CT molecular complexity index is 2150. The van der Waals surface area contributed by atoms with Gasteiger partial charge in [-0.05, 0) is 79.7 Å². The molecule has 2 aliphatic rings. The van der Waals surface area contributed by atoms with Crippen LogP contribution in [-0.2, 0) is 28.7 Å². The van der Waals surface area contributed by atoms with Crippen LogP contribution in [0.25, 0.3) is 35.2 Å². The molecule has 0 atom stereocenters. The maximum atomic E-state index is 12.1. The first kappa shape index (κ1) is 50.2. The number of nitrogens with zero attached hydrogens (tertiary/aromatic N) is 8. The summed E-state index contributed by atoms with van der Waals surface area (Å²) < 4.78 is 13.6. The molecule has 2 aromatic heterocycles. The standard InChI is InChI=1S/C21H28N6O3.C13H13N3O2.C8H17N3O2.CH4/c1-15-9-16(2)11-17(10-15)20-22-14-27(25-20)6-5-18(28)23-24-19(29)12-26-7-8-30-13-21(26,3)4;1-9-5-10(2)7-11(6-9)13-14-8-16(15-13)4-3-12(17)18;1-8(2)6-13-4-3-11(8)5-7(12)10-9;/h5-6,9-11,14H,7-8,12-13H2,1-4H3,(H,23,28)(H,24,29);3-8H,1-2H3,(H,17,18);3-6,9H2,1-2H3,(H,10,12);1H4/b6-5-;4-3-;;. The van der Waals surface area contributed by atoms with Gasteiger partial charge in [-0.2, -0.15) is 0 Å². The Kier molecular flexibility index (Phi) is 18.8. The zero-order valence-corrected chi connectivity index (χ0v) is 36.1. The van der Waals surface area contributed by atoms with Crippen molar-refractivity contribution in [1.82, 2.24) is 55.6 Å². The van der Waals surface area contributed by atoms with Crippen LogP contribution in [0.4, 0.5) is 0 Å². The Morgan fingerprint density at radius 3 is 1.52 bits per heavy atom. The third-order valence-corrected chi connectivity index (χ3v) is 9.51. The number of carboxylic acids is 1. The summed E-state index contributed by atoms with van der Waals surface area (Å²) in [6, 6.07) is 12.2. The van der Waals surface area contributed by atoms with Gasteiger partial charge in [-0.25, -0.2) is 30.0 Å². The van der Waals surface area contributed by atoms with E-state index in [1.54, 1.807) is 0 Å². The summed E-state index contributed by atoms with van der Waals surface area (Å²) >= 11 is 0. The van der Waals surface area contributed by atoms with Crippen molar-refractivity contribution in [2.45, 2.75) is 73.9 Å². The number of carbonyl (C=O) groups is 4. The molecular weight excluding hydrogens is 797 g/mol. The van der Waals surface area contributed by atoms with Crippen LogP contribution in [0, 0.1) is 27.7 Å². The molecule has 6 N–H and O–H groups in total. The number of aromatic nitrogens is 6. The van der Waals surface area contributed by atoms with Crippen LogP contribution in [0.1, 0.15) is 57.4 Å². The van der Waals surface area contributed by atoms with E-state index in [-0.39, 0.29) is 36.9 Å². The van der Waals surface area contributed by atoms with Crippen molar-refractivity contribution in [3.8, 4) is 22.8 Å². The molecule has 2 aromatic carbocycles. The maximum absolute atomic E-state index is 12.1. The van der Waals surface area contributed by atoms with E-state index in [0.717, 1.165) is 46.0 Å². The smallest absolute Gasteiger partial charge is 0.329 e. The number of carboxylic acid groups (broad SMARTS) is 1. The van der Waals surface area contributed by atoms with Crippen LogP contribution in [0.5, 0.6) is 0 Å². The Labute approximate surface area is 363 Å². The molecule has 2 fully saturated rings. The predicted octanol–water partition coefficient (Wildman–Crippen LogP) is 3.13. The lowest BCUT2D eigenvalue weighted by atomic mass is 10.0. The van der Waals surface area contributed by atoms with Crippen LogP contribution in [0.15, 0.2) is 61.2 Å². The molecule has 2 aliphatic heterocycles. The number of rotatable bonds is 10. The predicted molar refractivity (Wildman–Crippen MR) is 236 cm³/mol. The van der Waals surface area contributed by atoms with Gasteiger partial charge in [-0.1, -0.05) is 41.8 Å². The molecule has 2 saturated heterocycles. The molecule has 19 heteroatoms. The van der Waals surface area contributed by atoms with Crippen LogP contribution in [0.3, 0.4) is 0 Å². The second-order valence-corrected chi connectivity index (χ2v) is 16.0. The highest BCUT2D eigenvalue weighted by molar-refractivity contribution is 5.92. The quantitative estimate of drug-likeness (QED) is 0.0667. The maximum Gasteiger partial charge on any atom is 0.329 e. The fourth-order valence-corrected chi connectivity index (χ4v) is 6.42. The molecule has 0 saturated carbocycles. The number of ether oxygens (including phenoxy) is 2. The topological polar surface area (TPSA) is 237 Å². The van der Waals surface area contributed by atoms with Gasteiger partial charge in [0.05, 0.1) is 39.5 Å². The van der Waals surface area contributed by atoms with Crippen LogP contribution >= 0.6 is 0 Å². The Morgan fingerprint density at radius 2 is 1.11 bits per heavy atom. The van der Waals surface area contributed by atoms with Gasteiger partial charge in [-0.3, -0.25) is 40.5 Å². The highest BCUT2D eigenvalue weighted by atomic mass is 16.5. The van der Waals surface area contributed by atoms with E-state index in [1.807, 2.05) is 70.7 Å². The van der Waals surface area contributed by atoms with Gasteiger partial charge in [-0.15, -0.1) is 10.2 Å². The summed E-state index contributed by atoms with van der Waals surface area (Å²) in [5, 5.41) is 17.1. The van der Waals surface area contributed by atoms with Crippen LogP contribution in [0.2, 0.25) is 0 Å². The lowest BCUT2D eigenvalue weighted by molar-refractivity contribution is -0.131. The SMILES string of the molecule is C.CC1(C)COCCN1CC(=O)NN.Cc1cc(C)cc(-c2ncn(/C=C\C(=O)NNC(=O)CN3CCOCC3(C)C)n2)c1.Cc1cc(C)cc(-c2ncn(/C=C\C(=O)O)n2)c1. The van der Waals surface area contributed by atoms with Crippen molar-refractivity contribution >= 4 is 36.1 Å². The minimum Gasteiger partial charge on any atom is -0.478 e. The van der Waals surface area contributed by atoms with Crippen molar-refractivity contribution in [1.29, 1.82) is 0 Å². The largest absolute Gasteiger partial charge is 0.478 e. The Morgan fingerprint density at radius 1 is 0.694 bits per heavy atom. The molecule has 62 heavy (non-hydrogen) atoms. The van der Waals surface area contributed by atoms with Gasteiger partial charge >= 0.3 is 5.97 Å². The second kappa shape index (κ2) is 23.2. The Hall–Kier alpha value is -6.12. The summed E-state index contributed by atoms with van der Waals surface area (Å²) in [6.45, 7) is 20.7. The number of nitrogens with one attached hydrogen (secondary N) is 3. The van der Waals surface area contributed by atoms with Crippen molar-refractivity contribution in [3.05, 3.63) is 83.5 Å². The summed E-state index contributed by atoms with van der Waals surface area (Å²) in [5.41, 5.74) is 13.0. The fourth-order valence-electron chi connectivity index (χ4n) is 6.42. The molecule has 0 spiro atoms. The van der Waals surface area contributed by atoms with Gasteiger partial charge in [0.15, 0.2) is 11.6 Å². The van der Waals surface area contributed by atoms with Gasteiger partial charge in [0.25, 0.3) is 11.8 Å². The van der Waals surface area contributed by atoms with E-state index in [9.17, 15) is 19.2 Å². The molecule has 0 aliphatic carbocycles. The van der Waals surface area contributed by atoms with Gasteiger partial charge in [0.1, 0.15) is 12.7 Å². The second-order valence-electron chi connectivity index (χ2n) is 16.0. The van der Waals surface area contributed by atoms with Crippen molar-refractivity contribution in [3.63, 3.8) is 0 Å². The third-order valence-electron chi connectivity index (χ3n) is 9.51. The Balaban J connectivity index is 0.000000272. The number of hydrogen-bond acceptors (Lipinski definition) is 13. The summed E-state index contributed by atoms with van der Waals surface area (Å²) in [7, 11) is 0. The van der Waals surface area contributed by atoms with E-state index >= 15 is 0 Å². The number of aryl methyl sites for hydroxylation is 4. The average molecular weight is 859 g/mol. The number of amides is 3. The summed E-state index contributed by atoms with van der Waals surface area (Å²) in [4.78, 5) is 58.1. The van der Waals surface area contributed by atoms with E-state index < -0.39 is 11.9 Å². The van der Waals surface area contributed by atoms with Crippen LogP contribution < -0.4 is 22.1 Å². The highest BCUT2D eigenvalue weighted by Crippen LogP contribution is 2.21. The summed E-state index contributed by atoms with van der Waals surface area (Å²) in [6.07, 6.45) is 8.12. The first-order valence-corrected chi connectivity index (χ1v) is 19.7. The number of nitrogens with two attached hydrogens (primary N) is 1. The minimum absolute atomic E-state index is 0. The molecule has 0 unspecified atom stereocenters. The normalized spacial score (nSPS) is 16.0. The summed E-state index contributed by atoms with van der Waals surface area (Å²) in [5.74, 6) is 4.25. The molecule has 4 heterocycles. The number of carbonyl (C=O) groups excluding carboxylic acids is 3. The monoisotopic (exact) mass is 858 g/mol. The minimum atomic E-state index is -1.02. The fraction of sp³-hybridized carbons (Fsp3) is 0.442. The van der Waals surface area contributed by atoms with Crippen LogP contribution in [-0.4, -0.2) is 132 Å². The number of hydrazine groups is 2. The van der Waals surface area contributed by atoms with Crippen molar-refractivity contribution in [2.24, 2.45) is 5.84 Å². The van der Waals surface area contributed by atoms with Gasteiger partial charge in [0.2, 0.25) is 5.91 Å². The molecule has 0 bridgehead atoms. The zero-order chi connectivity index (χ0) is 44.7. The van der Waals surface area contributed by atoms with Gasteiger partial charge < -0.3 is 14.6 Å². The molecule has 3 amide bonds. The van der Waals surface area contributed by atoms with Gasteiger partial charge in [0, 0.05) is 59.8 Å². The molecule has 0 radical (unpaired) electrons. The molecular formula is C43H62N12O7. The zero-order valence-electron chi connectivity index (χ0n) is 36.1. The van der Waals surface area contributed by atoms with E-state index in [2.05, 4.69) is 67.3 Å². The van der Waals surface area contributed by atoms with Crippen molar-refractivity contribution in [2.75, 3.05) is 52.6 Å². The van der Waals surface area contributed by atoms with Crippen molar-refractivity contribution < 1.29 is 33.8 Å². The molecule has 19 nitrogen and oxygen atoms in total. The van der Waals surface area contributed by atoms with E-state index in [0.29, 0.717) is 51.2 Å². The molecule has 6 rings (SSSR count).